The Bertz CT molecular complexity index is 1390. The number of ether oxygens (including phenoxy) is 1. The van der Waals surface area contributed by atoms with E-state index in [0.717, 1.165) is 40.4 Å². The molecule has 1 aliphatic carbocycles. The van der Waals surface area contributed by atoms with Gasteiger partial charge in [0, 0.05) is 58.1 Å². The van der Waals surface area contributed by atoms with E-state index in [1.54, 1.807) is 12.4 Å². The van der Waals surface area contributed by atoms with Crippen molar-refractivity contribution in [1.29, 1.82) is 0 Å². The Kier molecular flexibility index (Phi) is 6.94. The number of halogens is 1. The zero-order valence-electron chi connectivity index (χ0n) is 20.7. The monoisotopic (exact) mass is 503 g/mol. The van der Waals surface area contributed by atoms with Crippen molar-refractivity contribution in [2.45, 2.75) is 38.4 Å². The molecule has 1 aliphatic rings. The molecule has 0 unspecified atom stereocenters. The minimum absolute atomic E-state index is 0.0262. The number of aromatic amines is 1. The van der Waals surface area contributed by atoms with Crippen molar-refractivity contribution in [1.82, 2.24) is 25.0 Å². The third-order valence-electron chi connectivity index (χ3n) is 6.97. The summed E-state index contributed by atoms with van der Waals surface area (Å²) in [6.07, 6.45) is 7.38. The molecule has 2 heterocycles. The average Bonchev–Trinajstić information content (AvgIpc) is 3.32. The number of amides is 1. The lowest BCUT2D eigenvalue weighted by Gasteiger charge is -2.47. The smallest absolute Gasteiger partial charge is 0.254 e. The standard InChI is InChI=1S/C28H30ClN5O2/c1-4-36-26-13-19(8-9-23(26)18-6-5-7-22(29)12-18)28(35)34(25-11-10-24(25)33(2)3)17-21-15-30-14-20-16-31-32-27(20)21/h5-9,12-16,24-25H,4,10-11,17H2,1-3H3,(H,31,32)/t24-,25-/m0/s1. The van der Waals surface area contributed by atoms with Crippen LogP contribution in [-0.4, -0.2) is 63.7 Å². The second kappa shape index (κ2) is 10.3. The fourth-order valence-electron chi connectivity index (χ4n) is 4.99. The van der Waals surface area contributed by atoms with Crippen LogP contribution in [0.5, 0.6) is 5.75 Å². The van der Waals surface area contributed by atoms with Crippen molar-refractivity contribution in [2.75, 3.05) is 20.7 Å². The fourth-order valence-corrected chi connectivity index (χ4v) is 5.18. The van der Waals surface area contributed by atoms with Crippen molar-refractivity contribution >= 4 is 28.4 Å². The topological polar surface area (TPSA) is 74.3 Å². The zero-order chi connectivity index (χ0) is 25.2. The molecule has 2 aromatic heterocycles. The molecule has 1 fully saturated rings. The summed E-state index contributed by atoms with van der Waals surface area (Å²) in [7, 11) is 4.15. The van der Waals surface area contributed by atoms with Crippen LogP contribution in [-0.2, 0) is 6.54 Å². The van der Waals surface area contributed by atoms with Crippen LogP contribution in [0.25, 0.3) is 22.0 Å². The van der Waals surface area contributed by atoms with Gasteiger partial charge in [-0.15, -0.1) is 0 Å². The Balaban J connectivity index is 1.52. The lowest BCUT2D eigenvalue weighted by Crippen LogP contribution is -2.57. The second-order valence-corrected chi connectivity index (χ2v) is 9.83. The van der Waals surface area contributed by atoms with Crippen LogP contribution in [0, 0.1) is 0 Å². The predicted octanol–water partition coefficient (Wildman–Crippen LogP) is 5.41. The second-order valence-electron chi connectivity index (χ2n) is 9.40. The maximum absolute atomic E-state index is 14.1. The molecule has 2 atom stereocenters. The van der Waals surface area contributed by atoms with Gasteiger partial charge in [0.25, 0.3) is 5.91 Å². The minimum atomic E-state index is -0.0262. The van der Waals surface area contributed by atoms with Crippen molar-refractivity contribution < 1.29 is 9.53 Å². The van der Waals surface area contributed by atoms with E-state index in [9.17, 15) is 4.79 Å². The van der Waals surface area contributed by atoms with Gasteiger partial charge in [0.2, 0.25) is 0 Å². The summed E-state index contributed by atoms with van der Waals surface area (Å²) in [5, 5.41) is 8.82. The molecule has 0 aliphatic heterocycles. The summed E-state index contributed by atoms with van der Waals surface area (Å²) < 4.78 is 5.98. The average molecular weight is 504 g/mol. The zero-order valence-corrected chi connectivity index (χ0v) is 21.5. The Labute approximate surface area is 216 Å². The van der Waals surface area contributed by atoms with Gasteiger partial charge in [-0.3, -0.25) is 14.9 Å². The van der Waals surface area contributed by atoms with E-state index in [2.05, 4.69) is 34.2 Å². The molecule has 186 valence electrons. The molecular formula is C28H30ClN5O2. The van der Waals surface area contributed by atoms with Gasteiger partial charge in [-0.1, -0.05) is 23.7 Å². The van der Waals surface area contributed by atoms with Gasteiger partial charge in [-0.05, 0) is 69.8 Å². The van der Waals surface area contributed by atoms with Crippen LogP contribution >= 0.6 is 11.6 Å². The first-order chi connectivity index (χ1) is 17.5. The van der Waals surface area contributed by atoms with Crippen molar-refractivity contribution in [3.63, 3.8) is 0 Å². The van der Waals surface area contributed by atoms with E-state index in [-0.39, 0.29) is 11.9 Å². The lowest BCUT2D eigenvalue weighted by atomic mass is 9.83. The Morgan fingerprint density at radius 3 is 2.67 bits per heavy atom. The number of rotatable bonds is 8. The van der Waals surface area contributed by atoms with Crippen LogP contribution < -0.4 is 4.74 Å². The van der Waals surface area contributed by atoms with Crippen LogP contribution in [0.4, 0.5) is 0 Å². The molecule has 5 rings (SSSR count). The first-order valence-electron chi connectivity index (χ1n) is 12.2. The minimum Gasteiger partial charge on any atom is -0.493 e. The molecule has 0 spiro atoms. The summed E-state index contributed by atoms with van der Waals surface area (Å²) in [6.45, 7) is 2.88. The number of nitrogens with zero attached hydrogens (tertiary/aromatic N) is 4. The Hall–Kier alpha value is -3.42. The third-order valence-corrected chi connectivity index (χ3v) is 7.20. The summed E-state index contributed by atoms with van der Waals surface area (Å²) in [4.78, 5) is 22.6. The van der Waals surface area contributed by atoms with Gasteiger partial charge in [0.15, 0.2) is 0 Å². The highest BCUT2D eigenvalue weighted by Crippen LogP contribution is 2.35. The summed E-state index contributed by atoms with van der Waals surface area (Å²) in [5.74, 6) is 0.641. The van der Waals surface area contributed by atoms with Crippen molar-refractivity contribution in [3.05, 3.63) is 77.2 Å². The molecule has 0 saturated heterocycles. The molecule has 8 heteroatoms. The van der Waals surface area contributed by atoms with Crippen molar-refractivity contribution in [2.24, 2.45) is 0 Å². The Morgan fingerprint density at radius 2 is 1.94 bits per heavy atom. The van der Waals surface area contributed by atoms with E-state index in [1.807, 2.05) is 60.5 Å². The lowest BCUT2D eigenvalue weighted by molar-refractivity contribution is 0.0237. The number of pyridine rings is 1. The van der Waals surface area contributed by atoms with E-state index in [4.69, 9.17) is 16.3 Å². The molecule has 0 radical (unpaired) electrons. The summed E-state index contributed by atoms with van der Waals surface area (Å²) in [6, 6.07) is 13.7. The molecule has 2 aromatic carbocycles. The molecule has 7 nitrogen and oxygen atoms in total. The molecule has 4 aromatic rings. The molecule has 1 amide bonds. The number of H-pyrrole nitrogens is 1. The summed E-state index contributed by atoms with van der Waals surface area (Å²) in [5.41, 5.74) is 4.31. The Morgan fingerprint density at radius 1 is 1.11 bits per heavy atom. The van der Waals surface area contributed by atoms with Crippen molar-refractivity contribution in [3.8, 4) is 16.9 Å². The highest BCUT2D eigenvalue weighted by Gasteiger charge is 2.39. The van der Waals surface area contributed by atoms with E-state index in [0.29, 0.717) is 35.5 Å². The van der Waals surface area contributed by atoms with E-state index in [1.165, 1.54) is 0 Å². The van der Waals surface area contributed by atoms with Gasteiger partial charge < -0.3 is 14.5 Å². The van der Waals surface area contributed by atoms with Gasteiger partial charge >= 0.3 is 0 Å². The maximum atomic E-state index is 14.1. The van der Waals surface area contributed by atoms with Gasteiger partial charge in [-0.2, -0.15) is 5.10 Å². The highest BCUT2D eigenvalue weighted by atomic mass is 35.5. The number of nitrogens with one attached hydrogen (secondary N) is 1. The molecular weight excluding hydrogens is 474 g/mol. The van der Waals surface area contributed by atoms with E-state index < -0.39 is 0 Å². The molecule has 36 heavy (non-hydrogen) atoms. The number of hydrogen-bond acceptors (Lipinski definition) is 5. The van der Waals surface area contributed by atoms with Crippen LogP contribution in [0.2, 0.25) is 5.02 Å². The largest absolute Gasteiger partial charge is 0.493 e. The highest BCUT2D eigenvalue weighted by molar-refractivity contribution is 6.30. The summed E-state index contributed by atoms with van der Waals surface area (Å²) >= 11 is 6.24. The van der Waals surface area contributed by atoms with Gasteiger partial charge in [0.05, 0.1) is 18.3 Å². The number of fused-ring (bicyclic) bond motifs is 1. The molecule has 0 bridgehead atoms. The number of benzene rings is 2. The number of aromatic nitrogens is 3. The SMILES string of the molecule is CCOc1cc(C(=O)N(Cc2cncc3cn[nH]c23)[C@H]2CC[C@@H]2N(C)C)ccc1-c1cccc(Cl)c1. The molecule has 1 saturated carbocycles. The van der Waals surface area contributed by atoms with Crippen LogP contribution in [0.15, 0.2) is 61.1 Å². The first-order valence-corrected chi connectivity index (χ1v) is 12.6. The number of carbonyl (C=O) groups excluding carboxylic acids is 1. The molecule has 1 N–H and O–H groups in total. The number of likely N-dealkylation sites (N-methyl/N-ethyl adjacent to an activating group) is 1. The van der Waals surface area contributed by atoms with E-state index >= 15 is 0 Å². The maximum Gasteiger partial charge on any atom is 0.254 e. The number of hydrogen-bond donors (Lipinski definition) is 1. The third kappa shape index (κ3) is 4.68. The quantitative estimate of drug-likeness (QED) is 0.348. The van der Waals surface area contributed by atoms with Crippen LogP contribution in [0.3, 0.4) is 0 Å². The number of carbonyl (C=O) groups is 1. The predicted molar refractivity (Wildman–Crippen MR) is 142 cm³/mol. The first kappa shape index (κ1) is 24.3. The fraction of sp³-hybridized carbons (Fsp3) is 0.321. The normalized spacial score (nSPS) is 17.2. The van der Waals surface area contributed by atoms with Crippen LogP contribution in [0.1, 0.15) is 35.7 Å². The van der Waals surface area contributed by atoms with Gasteiger partial charge in [-0.25, -0.2) is 0 Å². The van der Waals surface area contributed by atoms with Gasteiger partial charge in [0.1, 0.15) is 5.75 Å².